The number of hydrogen-bond acceptors (Lipinski definition) is 3. The molecule has 2 rings (SSSR count). The Labute approximate surface area is 113 Å². The summed E-state index contributed by atoms with van der Waals surface area (Å²) in [5.41, 5.74) is 0.415. The quantitative estimate of drug-likeness (QED) is 0.851. The number of benzene rings is 1. The van der Waals surface area contributed by atoms with Gasteiger partial charge in [-0.05, 0) is 31.4 Å². The van der Waals surface area contributed by atoms with E-state index in [1.165, 1.54) is 6.07 Å². The molecule has 1 aliphatic heterocycles. The molecule has 0 amide bonds. The maximum Gasteiger partial charge on any atom is 0.323 e. The van der Waals surface area contributed by atoms with E-state index in [0.29, 0.717) is 11.5 Å². The Kier molecular flexibility index (Phi) is 4.91. The minimum atomic E-state index is -0.335. The summed E-state index contributed by atoms with van der Waals surface area (Å²) in [6.07, 6.45) is 3.00. The van der Waals surface area contributed by atoms with Gasteiger partial charge in [-0.2, -0.15) is 0 Å². The lowest BCUT2D eigenvalue weighted by Crippen LogP contribution is -2.44. The van der Waals surface area contributed by atoms with Gasteiger partial charge in [0, 0.05) is 5.56 Å². The SMILES string of the molecule is CCC1CCNC(C(=O)OCc2ccccc2F)C1. The maximum absolute atomic E-state index is 13.4. The Balaban J connectivity index is 1.86. The second-order valence-electron chi connectivity index (χ2n) is 5.00. The summed E-state index contributed by atoms with van der Waals surface area (Å²) in [5.74, 6) is -0.0352. The van der Waals surface area contributed by atoms with E-state index in [4.69, 9.17) is 4.74 Å². The first kappa shape index (κ1) is 14.0. The van der Waals surface area contributed by atoms with Crippen molar-refractivity contribution in [1.82, 2.24) is 5.32 Å². The summed E-state index contributed by atoms with van der Waals surface area (Å²) >= 11 is 0. The molecule has 3 nitrogen and oxygen atoms in total. The minimum absolute atomic E-state index is 0.000475. The van der Waals surface area contributed by atoms with Gasteiger partial charge in [-0.3, -0.25) is 4.79 Å². The summed E-state index contributed by atoms with van der Waals surface area (Å²) in [7, 11) is 0. The number of ether oxygens (including phenoxy) is 1. The minimum Gasteiger partial charge on any atom is -0.460 e. The van der Waals surface area contributed by atoms with Gasteiger partial charge in [0.2, 0.25) is 0 Å². The summed E-state index contributed by atoms with van der Waals surface area (Å²) in [6, 6.07) is 6.11. The number of piperidine rings is 1. The molecule has 19 heavy (non-hydrogen) atoms. The summed E-state index contributed by atoms with van der Waals surface area (Å²) in [4.78, 5) is 11.9. The highest BCUT2D eigenvalue weighted by atomic mass is 19.1. The number of rotatable bonds is 4. The average molecular weight is 265 g/mol. The van der Waals surface area contributed by atoms with Gasteiger partial charge in [0.15, 0.2) is 0 Å². The van der Waals surface area contributed by atoms with Gasteiger partial charge >= 0.3 is 5.97 Å². The predicted octanol–water partition coefficient (Wildman–Crippen LogP) is 2.65. The van der Waals surface area contributed by atoms with Gasteiger partial charge in [0.05, 0.1) is 0 Å². The number of carbonyl (C=O) groups excluding carboxylic acids is 1. The monoisotopic (exact) mass is 265 g/mol. The largest absolute Gasteiger partial charge is 0.460 e. The zero-order valence-corrected chi connectivity index (χ0v) is 11.2. The standard InChI is InChI=1S/C15H20FNO2/c1-2-11-7-8-17-14(9-11)15(18)19-10-12-5-3-4-6-13(12)16/h3-6,11,14,17H,2,7-10H2,1H3. The van der Waals surface area contributed by atoms with Crippen LogP contribution in [0.15, 0.2) is 24.3 Å². The molecule has 0 saturated carbocycles. The highest BCUT2D eigenvalue weighted by molar-refractivity contribution is 5.75. The Morgan fingerprint density at radius 3 is 3.00 bits per heavy atom. The molecular weight excluding hydrogens is 245 g/mol. The van der Waals surface area contributed by atoms with E-state index in [1.807, 2.05) is 0 Å². The van der Waals surface area contributed by atoms with E-state index < -0.39 is 0 Å². The molecule has 0 bridgehead atoms. The Morgan fingerprint density at radius 2 is 2.26 bits per heavy atom. The second-order valence-corrected chi connectivity index (χ2v) is 5.00. The molecule has 2 unspecified atom stereocenters. The molecule has 1 aliphatic rings. The van der Waals surface area contributed by atoms with Crippen molar-refractivity contribution >= 4 is 5.97 Å². The summed E-state index contributed by atoms with van der Waals surface area (Å²) in [5, 5.41) is 3.17. The fraction of sp³-hybridized carbons (Fsp3) is 0.533. The molecule has 4 heteroatoms. The lowest BCUT2D eigenvalue weighted by Gasteiger charge is -2.28. The maximum atomic E-state index is 13.4. The third-order valence-electron chi connectivity index (χ3n) is 3.70. The number of hydrogen-bond donors (Lipinski definition) is 1. The predicted molar refractivity (Wildman–Crippen MR) is 71.0 cm³/mol. The average Bonchev–Trinajstić information content (AvgIpc) is 2.46. The van der Waals surface area contributed by atoms with Crippen LogP contribution in [0.4, 0.5) is 4.39 Å². The van der Waals surface area contributed by atoms with Crippen molar-refractivity contribution in [3.63, 3.8) is 0 Å². The van der Waals surface area contributed by atoms with Gasteiger partial charge in [0.1, 0.15) is 18.5 Å². The number of nitrogens with one attached hydrogen (secondary N) is 1. The highest BCUT2D eigenvalue weighted by Crippen LogP contribution is 2.20. The van der Waals surface area contributed by atoms with Crippen molar-refractivity contribution < 1.29 is 13.9 Å². The van der Waals surface area contributed by atoms with Crippen molar-refractivity contribution in [3.8, 4) is 0 Å². The van der Waals surface area contributed by atoms with Gasteiger partial charge in [-0.25, -0.2) is 4.39 Å². The Hall–Kier alpha value is -1.42. The van der Waals surface area contributed by atoms with Crippen LogP contribution in [0.2, 0.25) is 0 Å². The third kappa shape index (κ3) is 3.77. The second kappa shape index (κ2) is 6.66. The van der Waals surface area contributed by atoms with Crippen LogP contribution in [0.25, 0.3) is 0 Å². The smallest absolute Gasteiger partial charge is 0.323 e. The third-order valence-corrected chi connectivity index (χ3v) is 3.70. The van der Waals surface area contributed by atoms with Gasteiger partial charge in [-0.15, -0.1) is 0 Å². The molecule has 1 heterocycles. The lowest BCUT2D eigenvalue weighted by atomic mass is 9.90. The molecule has 1 aromatic rings. The molecule has 1 N–H and O–H groups in total. The van der Waals surface area contributed by atoms with Crippen LogP contribution < -0.4 is 5.32 Å². The van der Waals surface area contributed by atoms with Crippen molar-refractivity contribution in [3.05, 3.63) is 35.6 Å². The van der Waals surface area contributed by atoms with Crippen LogP contribution in [0.1, 0.15) is 31.7 Å². The molecule has 1 aromatic carbocycles. The molecule has 0 spiro atoms. The molecule has 0 radical (unpaired) electrons. The first-order chi connectivity index (χ1) is 9.20. The first-order valence-corrected chi connectivity index (χ1v) is 6.84. The van der Waals surface area contributed by atoms with Crippen LogP contribution in [0.3, 0.4) is 0 Å². The van der Waals surface area contributed by atoms with Crippen molar-refractivity contribution in [2.75, 3.05) is 6.54 Å². The van der Waals surface area contributed by atoms with Crippen LogP contribution in [-0.2, 0) is 16.1 Å². The van der Waals surface area contributed by atoms with Crippen LogP contribution in [0, 0.1) is 11.7 Å². The van der Waals surface area contributed by atoms with Gasteiger partial charge in [-0.1, -0.05) is 31.5 Å². The van der Waals surface area contributed by atoms with Crippen molar-refractivity contribution in [1.29, 1.82) is 0 Å². The fourth-order valence-electron chi connectivity index (χ4n) is 2.41. The zero-order chi connectivity index (χ0) is 13.7. The zero-order valence-electron chi connectivity index (χ0n) is 11.2. The molecule has 0 aromatic heterocycles. The first-order valence-electron chi connectivity index (χ1n) is 6.84. The molecule has 0 aliphatic carbocycles. The molecule has 1 saturated heterocycles. The van der Waals surface area contributed by atoms with E-state index >= 15 is 0 Å². The van der Waals surface area contributed by atoms with Gasteiger partial charge in [0.25, 0.3) is 0 Å². The lowest BCUT2D eigenvalue weighted by molar-refractivity contribution is -0.148. The molecule has 104 valence electrons. The molecular formula is C15H20FNO2. The van der Waals surface area contributed by atoms with E-state index in [9.17, 15) is 9.18 Å². The molecule has 1 fully saturated rings. The number of halogens is 1. The van der Waals surface area contributed by atoms with Crippen LogP contribution in [-0.4, -0.2) is 18.6 Å². The van der Waals surface area contributed by atoms with E-state index in [0.717, 1.165) is 25.8 Å². The van der Waals surface area contributed by atoms with Gasteiger partial charge < -0.3 is 10.1 Å². The summed E-state index contributed by atoms with van der Waals surface area (Å²) < 4.78 is 18.6. The number of carbonyl (C=O) groups is 1. The number of esters is 1. The fourth-order valence-corrected chi connectivity index (χ4v) is 2.41. The highest BCUT2D eigenvalue weighted by Gasteiger charge is 2.27. The van der Waals surface area contributed by atoms with Crippen LogP contribution in [0.5, 0.6) is 0 Å². The van der Waals surface area contributed by atoms with Crippen molar-refractivity contribution in [2.24, 2.45) is 5.92 Å². The normalized spacial score (nSPS) is 23.1. The van der Waals surface area contributed by atoms with E-state index in [2.05, 4.69) is 12.2 Å². The molecule has 2 atom stereocenters. The summed E-state index contributed by atoms with van der Waals surface area (Å²) in [6.45, 7) is 2.98. The van der Waals surface area contributed by atoms with E-state index in [-0.39, 0.29) is 24.4 Å². The van der Waals surface area contributed by atoms with E-state index in [1.54, 1.807) is 18.2 Å². The van der Waals surface area contributed by atoms with Crippen LogP contribution >= 0.6 is 0 Å². The Bertz CT molecular complexity index is 436. The Morgan fingerprint density at radius 1 is 1.47 bits per heavy atom. The topological polar surface area (TPSA) is 38.3 Å². The van der Waals surface area contributed by atoms with Crippen molar-refractivity contribution in [2.45, 2.75) is 38.8 Å².